The highest BCUT2D eigenvalue weighted by Gasteiger charge is 2.13. The molecule has 1 aromatic carbocycles. The highest BCUT2D eigenvalue weighted by molar-refractivity contribution is 5.29. The van der Waals surface area contributed by atoms with Crippen LogP contribution in [0.5, 0.6) is 5.88 Å². The van der Waals surface area contributed by atoms with E-state index >= 15 is 0 Å². The second-order valence-electron chi connectivity index (χ2n) is 4.09. The lowest BCUT2D eigenvalue weighted by atomic mass is 10.0. The van der Waals surface area contributed by atoms with Crippen LogP contribution in [0.15, 0.2) is 36.7 Å². The molecule has 0 spiro atoms. The molecule has 1 N–H and O–H groups in total. The van der Waals surface area contributed by atoms with Crippen LogP contribution in [0.3, 0.4) is 0 Å². The van der Waals surface area contributed by atoms with Gasteiger partial charge in [-0.3, -0.25) is 0 Å². The van der Waals surface area contributed by atoms with E-state index in [1.165, 1.54) is 6.33 Å². The van der Waals surface area contributed by atoms with Crippen LogP contribution in [0.1, 0.15) is 22.9 Å². The van der Waals surface area contributed by atoms with Crippen LogP contribution >= 0.6 is 0 Å². The number of hydrogen-bond acceptors (Lipinski definition) is 4. The summed E-state index contributed by atoms with van der Waals surface area (Å²) in [6, 6.07) is 9.55. The molecule has 1 heterocycles. The van der Waals surface area contributed by atoms with Gasteiger partial charge in [-0.25, -0.2) is 9.97 Å². The van der Waals surface area contributed by atoms with E-state index < -0.39 is 6.10 Å². The summed E-state index contributed by atoms with van der Waals surface area (Å²) < 4.78 is 5.14. The number of aliphatic hydroxyl groups excluding tert-OH is 1. The number of rotatable bonds is 4. The Morgan fingerprint density at radius 3 is 2.61 bits per heavy atom. The van der Waals surface area contributed by atoms with Crippen molar-refractivity contribution in [2.45, 2.75) is 19.4 Å². The van der Waals surface area contributed by atoms with Crippen LogP contribution < -0.4 is 4.74 Å². The van der Waals surface area contributed by atoms with E-state index in [1.807, 2.05) is 37.3 Å². The number of nitrogens with zero attached hydrogens (tertiary/aromatic N) is 2. The van der Waals surface area contributed by atoms with Crippen molar-refractivity contribution in [1.29, 1.82) is 0 Å². The number of aliphatic hydroxyl groups is 1. The summed E-state index contributed by atoms with van der Waals surface area (Å²) in [5.74, 6) is 0.556. The molecule has 0 saturated carbocycles. The molecule has 1 aromatic heterocycles. The summed E-state index contributed by atoms with van der Waals surface area (Å²) >= 11 is 0. The Morgan fingerprint density at radius 2 is 1.94 bits per heavy atom. The molecule has 94 valence electrons. The van der Waals surface area contributed by atoms with Gasteiger partial charge in [0.2, 0.25) is 5.88 Å². The molecule has 0 aliphatic rings. The number of ether oxygens (including phenoxy) is 1. The number of hydrogen-bond donors (Lipinski definition) is 1. The van der Waals surface area contributed by atoms with Crippen molar-refractivity contribution in [3.05, 3.63) is 53.5 Å². The minimum Gasteiger partial charge on any atom is -0.481 e. The summed E-state index contributed by atoms with van der Waals surface area (Å²) in [6.07, 6.45) is 1.35. The average molecular weight is 244 g/mol. The van der Waals surface area contributed by atoms with Crippen molar-refractivity contribution in [2.75, 3.05) is 7.11 Å². The highest BCUT2D eigenvalue weighted by Crippen LogP contribution is 2.22. The molecule has 1 unspecified atom stereocenters. The summed E-state index contributed by atoms with van der Waals surface area (Å²) in [6.45, 7) is 1.89. The molecule has 0 saturated heterocycles. The Morgan fingerprint density at radius 1 is 1.22 bits per heavy atom. The van der Waals surface area contributed by atoms with Crippen molar-refractivity contribution >= 4 is 0 Å². The van der Waals surface area contributed by atoms with Crippen molar-refractivity contribution in [3.63, 3.8) is 0 Å². The first kappa shape index (κ1) is 12.5. The van der Waals surface area contributed by atoms with Crippen LogP contribution in [0.25, 0.3) is 0 Å². The van der Waals surface area contributed by atoms with E-state index in [0.29, 0.717) is 12.3 Å². The topological polar surface area (TPSA) is 55.2 Å². The van der Waals surface area contributed by atoms with Gasteiger partial charge < -0.3 is 9.84 Å². The predicted octanol–water partition coefficient (Wildman–Crippen LogP) is 2.07. The first-order valence-corrected chi connectivity index (χ1v) is 5.80. The molecule has 0 aliphatic carbocycles. The monoisotopic (exact) mass is 244 g/mol. The Kier molecular flexibility index (Phi) is 3.89. The zero-order valence-corrected chi connectivity index (χ0v) is 10.5. The van der Waals surface area contributed by atoms with E-state index in [2.05, 4.69) is 9.97 Å². The zero-order valence-electron chi connectivity index (χ0n) is 10.5. The smallest absolute Gasteiger partial charge is 0.219 e. The summed E-state index contributed by atoms with van der Waals surface area (Å²) in [4.78, 5) is 8.22. The molecule has 0 amide bonds. The van der Waals surface area contributed by atoms with Gasteiger partial charge in [-0.15, -0.1) is 0 Å². The van der Waals surface area contributed by atoms with Crippen molar-refractivity contribution < 1.29 is 9.84 Å². The maximum atomic E-state index is 10.2. The van der Waals surface area contributed by atoms with Crippen LogP contribution in [0.4, 0.5) is 0 Å². The Hall–Kier alpha value is -1.94. The molecule has 0 aliphatic heterocycles. The third-order valence-electron chi connectivity index (χ3n) is 2.91. The van der Waals surface area contributed by atoms with Gasteiger partial charge >= 0.3 is 0 Å². The number of aromatic nitrogens is 2. The first-order valence-electron chi connectivity index (χ1n) is 5.80. The fourth-order valence-electron chi connectivity index (χ4n) is 1.86. The Labute approximate surface area is 106 Å². The van der Waals surface area contributed by atoms with E-state index in [1.54, 1.807) is 7.11 Å². The summed E-state index contributed by atoms with van der Waals surface area (Å²) in [7, 11) is 1.58. The highest BCUT2D eigenvalue weighted by atomic mass is 16.5. The molecule has 0 fully saturated rings. The van der Waals surface area contributed by atoms with E-state index in [9.17, 15) is 5.11 Å². The number of benzene rings is 1. The minimum absolute atomic E-state index is 0.453. The quantitative estimate of drug-likeness (QED) is 0.894. The minimum atomic E-state index is -0.565. The molecule has 4 heteroatoms. The van der Waals surface area contributed by atoms with Crippen molar-refractivity contribution in [3.8, 4) is 5.88 Å². The van der Waals surface area contributed by atoms with Gasteiger partial charge in [0.25, 0.3) is 0 Å². The van der Waals surface area contributed by atoms with Gasteiger partial charge in [0.15, 0.2) is 0 Å². The van der Waals surface area contributed by atoms with Crippen molar-refractivity contribution in [1.82, 2.24) is 9.97 Å². The van der Waals surface area contributed by atoms with Gasteiger partial charge in [0.05, 0.1) is 18.9 Å². The standard InChI is InChI=1S/C14H16N2O2/c1-10-12(15-9-16-14(10)18-2)8-13(17)11-6-4-3-5-7-11/h3-7,9,13,17H,8H2,1-2H3. The van der Waals surface area contributed by atoms with Gasteiger partial charge in [0, 0.05) is 12.0 Å². The molecule has 1 atom stereocenters. The third kappa shape index (κ3) is 2.65. The summed E-state index contributed by atoms with van der Waals surface area (Å²) in [5.41, 5.74) is 2.56. The maximum absolute atomic E-state index is 10.2. The van der Waals surface area contributed by atoms with Gasteiger partial charge in [-0.1, -0.05) is 30.3 Å². The lowest BCUT2D eigenvalue weighted by molar-refractivity contribution is 0.176. The molecule has 0 radical (unpaired) electrons. The normalized spacial score (nSPS) is 12.2. The molecular weight excluding hydrogens is 228 g/mol. The maximum Gasteiger partial charge on any atom is 0.219 e. The van der Waals surface area contributed by atoms with Crippen LogP contribution in [-0.2, 0) is 6.42 Å². The molecule has 4 nitrogen and oxygen atoms in total. The van der Waals surface area contributed by atoms with Gasteiger partial charge in [-0.05, 0) is 12.5 Å². The van der Waals surface area contributed by atoms with Crippen LogP contribution in [0, 0.1) is 6.92 Å². The molecular formula is C14H16N2O2. The second kappa shape index (κ2) is 5.60. The molecule has 0 bridgehead atoms. The Balaban J connectivity index is 2.19. The largest absolute Gasteiger partial charge is 0.481 e. The number of methoxy groups -OCH3 is 1. The first-order chi connectivity index (χ1) is 8.72. The third-order valence-corrected chi connectivity index (χ3v) is 2.91. The van der Waals surface area contributed by atoms with Crippen LogP contribution in [0.2, 0.25) is 0 Å². The van der Waals surface area contributed by atoms with Gasteiger partial charge in [-0.2, -0.15) is 0 Å². The summed E-state index contributed by atoms with van der Waals surface area (Å²) in [5, 5.41) is 10.2. The fourth-order valence-corrected chi connectivity index (χ4v) is 1.86. The molecule has 2 aromatic rings. The lowest BCUT2D eigenvalue weighted by Gasteiger charge is -2.13. The molecule has 2 rings (SSSR count). The van der Waals surface area contributed by atoms with E-state index in [-0.39, 0.29) is 0 Å². The van der Waals surface area contributed by atoms with Gasteiger partial charge in [0.1, 0.15) is 6.33 Å². The average Bonchev–Trinajstić information content (AvgIpc) is 2.42. The lowest BCUT2D eigenvalue weighted by Crippen LogP contribution is -2.06. The molecule has 18 heavy (non-hydrogen) atoms. The second-order valence-corrected chi connectivity index (χ2v) is 4.09. The van der Waals surface area contributed by atoms with Crippen LogP contribution in [-0.4, -0.2) is 22.2 Å². The van der Waals surface area contributed by atoms with Crippen molar-refractivity contribution in [2.24, 2.45) is 0 Å². The fraction of sp³-hybridized carbons (Fsp3) is 0.286. The zero-order chi connectivity index (χ0) is 13.0. The van der Waals surface area contributed by atoms with E-state index in [4.69, 9.17) is 4.74 Å². The Bertz CT molecular complexity index is 514. The van der Waals surface area contributed by atoms with E-state index in [0.717, 1.165) is 16.8 Å². The predicted molar refractivity (Wildman–Crippen MR) is 68.4 cm³/mol. The SMILES string of the molecule is COc1ncnc(CC(O)c2ccccc2)c1C.